The fourth-order valence-corrected chi connectivity index (χ4v) is 2.88. The van der Waals surface area contributed by atoms with Crippen LogP contribution < -0.4 is 11.1 Å². The summed E-state index contributed by atoms with van der Waals surface area (Å²) in [5.74, 6) is 0.466. The van der Waals surface area contributed by atoms with E-state index < -0.39 is 11.1 Å². The third-order valence-electron chi connectivity index (χ3n) is 4.32. The maximum Gasteiger partial charge on any atom is 0.332 e. The first-order valence-electron chi connectivity index (χ1n) is 7.94. The molecule has 8 heteroatoms. The van der Waals surface area contributed by atoms with Crippen molar-refractivity contribution in [1.29, 1.82) is 0 Å². The number of aliphatic hydroxyl groups excluding tert-OH is 1. The highest BCUT2D eigenvalue weighted by Gasteiger charge is 2.26. The first kappa shape index (κ1) is 14.8. The van der Waals surface area contributed by atoms with Crippen LogP contribution in [0.3, 0.4) is 0 Å². The topological polar surface area (TPSA) is 94.4 Å². The van der Waals surface area contributed by atoms with Crippen LogP contribution in [0.4, 0.5) is 0 Å². The molecule has 0 unspecified atom stereocenters. The zero-order valence-electron chi connectivity index (χ0n) is 13.2. The van der Waals surface area contributed by atoms with Gasteiger partial charge in [-0.15, -0.1) is 0 Å². The Morgan fingerprint density at radius 1 is 1.25 bits per heavy atom. The highest BCUT2D eigenvalue weighted by molar-refractivity contribution is 5.61. The molecular formula is C16H17N5O3. The number of aryl methyl sites for hydroxylation is 1. The summed E-state index contributed by atoms with van der Waals surface area (Å²) in [5.41, 5.74) is 1.30. The van der Waals surface area contributed by atoms with E-state index in [9.17, 15) is 14.7 Å². The van der Waals surface area contributed by atoms with Crippen LogP contribution in [-0.4, -0.2) is 28.8 Å². The summed E-state index contributed by atoms with van der Waals surface area (Å²) < 4.78 is 4.17. The van der Waals surface area contributed by atoms with Gasteiger partial charge in [-0.05, 0) is 37.3 Å². The Hall–Kier alpha value is -2.74. The molecule has 0 saturated heterocycles. The van der Waals surface area contributed by atoms with Crippen LogP contribution in [0.5, 0.6) is 0 Å². The van der Waals surface area contributed by atoms with Crippen LogP contribution in [0, 0.1) is 0 Å². The van der Waals surface area contributed by atoms with E-state index in [1.807, 2.05) is 12.3 Å². The molecule has 3 aromatic heterocycles. The van der Waals surface area contributed by atoms with E-state index in [0.717, 1.165) is 23.1 Å². The molecule has 0 aliphatic heterocycles. The molecule has 0 amide bonds. The average molecular weight is 327 g/mol. The van der Waals surface area contributed by atoms with Crippen molar-refractivity contribution in [3.05, 3.63) is 56.8 Å². The van der Waals surface area contributed by atoms with Crippen molar-refractivity contribution in [2.24, 2.45) is 0 Å². The number of fused-ring (bicyclic) bond motifs is 1. The molecule has 4 rings (SSSR count). The molecule has 1 saturated carbocycles. The second kappa shape index (κ2) is 5.41. The first-order chi connectivity index (χ1) is 11.6. The van der Waals surface area contributed by atoms with E-state index in [-0.39, 0.29) is 6.61 Å². The number of hydrogen-bond donors (Lipinski definition) is 1. The second-order valence-corrected chi connectivity index (χ2v) is 5.98. The van der Waals surface area contributed by atoms with Gasteiger partial charge in [-0.1, -0.05) is 0 Å². The van der Waals surface area contributed by atoms with E-state index >= 15 is 0 Å². The van der Waals surface area contributed by atoms with Gasteiger partial charge in [-0.3, -0.25) is 14.2 Å². The van der Waals surface area contributed by atoms with Crippen molar-refractivity contribution in [1.82, 2.24) is 23.7 Å². The van der Waals surface area contributed by atoms with Gasteiger partial charge in [0.2, 0.25) is 0 Å². The summed E-state index contributed by atoms with van der Waals surface area (Å²) in [7, 11) is 0. The van der Waals surface area contributed by atoms with Crippen molar-refractivity contribution in [3.8, 4) is 5.69 Å². The summed E-state index contributed by atoms with van der Waals surface area (Å²) in [6.45, 7) is 1.90. The fraction of sp³-hybridized carbons (Fsp3) is 0.375. The lowest BCUT2D eigenvalue weighted by Crippen LogP contribution is -2.41. The Morgan fingerprint density at radius 3 is 2.71 bits per heavy atom. The van der Waals surface area contributed by atoms with Gasteiger partial charge in [0.1, 0.15) is 6.33 Å². The van der Waals surface area contributed by atoms with E-state index in [1.54, 1.807) is 17.5 Å². The minimum Gasteiger partial charge on any atom is -0.390 e. The Bertz CT molecular complexity index is 1040. The van der Waals surface area contributed by atoms with Crippen LogP contribution in [-0.2, 0) is 13.2 Å². The predicted octanol–water partition coefficient (Wildman–Crippen LogP) is 0.432. The summed E-state index contributed by atoms with van der Waals surface area (Å²) in [6, 6.07) is 1.89. The Labute approximate surface area is 136 Å². The molecule has 1 aliphatic rings. The molecule has 0 atom stereocenters. The smallest absolute Gasteiger partial charge is 0.332 e. The maximum atomic E-state index is 12.5. The van der Waals surface area contributed by atoms with E-state index in [0.29, 0.717) is 29.5 Å². The standard InChI is InChI=1S/C16H17N5O3/c1-2-21-16(24)15(23)20(9-17-21)13-5-11(10-3-4-10)6-19-7-12(8-22)18-14(13)19/h5-7,9-10,22H,2-4,8H2,1H3. The fourth-order valence-electron chi connectivity index (χ4n) is 2.88. The highest BCUT2D eigenvalue weighted by Crippen LogP contribution is 2.40. The van der Waals surface area contributed by atoms with Crippen LogP contribution >= 0.6 is 0 Å². The summed E-state index contributed by atoms with van der Waals surface area (Å²) in [5, 5.41) is 13.4. The van der Waals surface area contributed by atoms with Crippen molar-refractivity contribution < 1.29 is 5.11 Å². The Kier molecular flexibility index (Phi) is 3.34. The van der Waals surface area contributed by atoms with E-state index in [2.05, 4.69) is 10.1 Å². The number of imidazole rings is 1. The largest absolute Gasteiger partial charge is 0.390 e. The molecule has 0 spiro atoms. The summed E-state index contributed by atoms with van der Waals surface area (Å²) in [4.78, 5) is 28.9. The highest BCUT2D eigenvalue weighted by atomic mass is 16.3. The molecule has 0 aromatic carbocycles. The van der Waals surface area contributed by atoms with Gasteiger partial charge in [-0.2, -0.15) is 5.10 Å². The number of pyridine rings is 1. The van der Waals surface area contributed by atoms with Gasteiger partial charge in [-0.25, -0.2) is 9.67 Å². The number of rotatable bonds is 4. The monoisotopic (exact) mass is 327 g/mol. The quantitative estimate of drug-likeness (QED) is 0.701. The Morgan fingerprint density at radius 2 is 2.04 bits per heavy atom. The lowest BCUT2D eigenvalue weighted by atomic mass is 10.2. The molecule has 124 valence electrons. The van der Waals surface area contributed by atoms with Crippen molar-refractivity contribution >= 4 is 5.65 Å². The summed E-state index contributed by atoms with van der Waals surface area (Å²) >= 11 is 0. The minimum absolute atomic E-state index is 0.190. The molecule has 1 fully saturated rings. The third-order valence-corrected chi connectivity index (χ3v) is 4.32. The van der Waals surface area contributed by atoms with Crippen molar-refractivity contribution in [2.45, 2.75) is 38.8 Å². The molecule has 24 heavy (non-hydrogen) atoms. The number of aromatic nitrogens is 5. The van der Waals surface area contributed by atoms with Gasteiger partial charge < -0.3 is 9.51 Å². The van der Waals surface area contributed by atoms with Gasteiger partial charge in [0, 0.05) is 18.9 Å². The maximum absolute atomic E-state index is 12.5. The lowest BCUT2D eigenvalue weighted by Gasteiger charge is -2.10. The van der Waals surface area contributed by atoms with Gasteiger partial charge in [0.25, 0.3) is 0 Å². The molecule has 1 aliphatic carbocycles. The number of nitrogens with zero attached hydrogens (tertiary/aromatic N) is 5. The molecular weight excluding hydrogens is 310 g/mol. The molecule has 1 N–H and O–H groups in total. The molecule has 3 heterocycles. The second-order valence-electron chi connectivity index (χ2n) is 5.98. The molecule has 0 radical (unpaired) electrons. The van der Waals surface area contributed by atoms with Crippen LogP contribution in [0.25, 0.3) is 11.3 Å². The van der Waals surface area contributed by atoms with Gasteiger partial charge >= 0.3 is 11.1 Å². The average Bonchev–Trinajstić information content (AvgIpc) is 3.35. The van der Waals surface area contributed by atoms with Gasteiger partial charge in [0.15, 0.2) is 5.65 Å². The zero-order chi connectivity index (χ0) is 16.8. The van der Waals surface area contributed by atoms with E-state index in [4.69, 9.17) is 0 Å². The van der Waals surface area contributed by atoms with Crippen LogP contribution in [0.1, 0.15) is 36.9 Å². The SMILES string of the molecule is CCn1ncn(-c2cc(C3CC3)cn3cc(CO)nc23)c(=O)c1=O. The van der Waals surface area contributed by atoms with Gasteiger partial charge in [0.05, 0.1) is 18.0 Å². The minimum atomic E-state index is -0.663. The number of aliphatic hydroxyl groups is 1. The zero-order valence-corrected chi connectivity index (χ0v) is 13.2. The van der Waals surface area contributed by atoms with Crippen LogP contribution in [0.15, 0.2) is 34.4 Å². The third kappa shape index (κ3) is 2.26. The predicted molar refractivity (Wildman–Crippen MR) is 86.4 cm³/mol. The Balaban J connectivity index is 2.01. The van der Waals surface area contributed by atoms with Crippen molar-refractivity contribution in [3.63, 3.8) is 0 Å². The molecule has 3 aromatic rings. The van der Waals surface area contributed by atoms with E-state index in [1.165, 1.54) is 10.9 Å². The van der Waals surface area contributed by atoms with Crippen molar-refractivity contribution in [2.75, 3.05) is 0 Å². The molecule has 8 nitrogen and oxygen atoms in total. The summed E-state index contributed by atoms with van der Waals surface area (Å²) in [6.07, 6.45) is 7.27. The number of hydrogen-bond acceptors (Lipinski definition) is 5. The van der Waals surface area contributed by atoms with Crippen LogP contribution in [0.2, 0.25) is 0 Å². The first-order valence-corrected chi connectivity index (χ1v) is 7.94. The lowest BCUT2D eigenvalue weighted by molar-refractivity contribution is 0.277. The normalized spacial score (nSPS) is 14.4. The molecule has 0 bridgehead atoms.